The Hall–Kier alpha value is -2.26. The van der Waals surface area contributed by atoms with Gasteiger partial charge >= 0.3 is 0 Å². The zero-order chi connectivity index (χ0) is 15.0. The summed E-state index contributed by atoms with van der Waals surface area (Å²) in [5.41, 5.74) is 3.05. The van der Waals surface area contributed by atoms with Gasteiger partial charge in [-0.15, -0.1) is 0 Å². The summed E-state index contributed by atoms with van der Waals surface area (Å²) in [6.45, 7) is 5.75. The minimum atomic E-state index is -0.629. The SMILES string of the molecule is C=C(OC)C(C)C(O)c1ccc2[nH]c3ccccc3c2c1. The fraction of sp³-hybridized carbons (Fsp3) is 0.222. The van der Waals surface area contributed by atoms with Crippen LogP contribution in [0.25, 0.3) is 21.8 Å². The number of fused-ring (bicyclic) bond motifs is 3. The number of ether oxygens (including phenoxy) is 1. The Labute approximate surface area is 123 Å². The van der Waals surface area contributed by atoms with Crippen molar-refractivity contribution in [3.8, 4) is 0 Å². The number of aromatic amines is 1. The maximum Gasteiger partial charge on any atom is 0.0941 e. The van der Waals surface area contributed by atoms with Crippen LogP contribution in [0.4, 0.5) is 0 Å². The van der Waals surface area contributed by atoms with Gasteiger partial charge in [-0.2, -0.15) is 0 Å². The first-order chi connectivity index (χ1) is 10.1. The highest BCUT2D eigenvalue weighted by Gasteiger charge is 2.20. The number of hydrogen-bond donors (Lipinski definition) is 2. The Bertz CT molecular complexity index is 803. The fourth-order valence-electron chi connectivity index (χ4n) is 2.70. The van der Waals surface area contributed by atoms with Gasteiger partial charge in [0.05, 0.1) is 19.0 Å². The van der Waals surface area contributed by atoms with E-state index in [0.29, 0.717) is 5.76 Å². The lowest BCUT2D eigenvalue weighted by atomic mass is 9.95. The van der Waals surface area contributed by atoms with E-state index in [0.717, 1.165) is 22.0 Å². The molecule has 0 saturated heterocycles. The molecule has 0 amide bonds. The van der Waals surface area contributed by atoms with Crippen LogP contribution in [0.5, 0.6) is 0 Å². The topological polar surface area (TPSA) is 45.2 Å². The Balaban J connectivity index is 2.08. The third kappa shape index (κ3) is 2.30. The molecule has 0 aliphatic carbocycles. The Morgan fingerprint density at radius 1 is 1.14 bits per heavy atom. The number of rotatable bonds is 4. The van der Waals surface area contributed by atoms with Gasteiger partial charge in [0.2, 0.25) is 0 Å². The van der Waals surface area contributed by atoms with Crippen molar-refractivity contribution in [1.29, 1.82) is 0 Å². The highest BCUT2D eigenvalue weighted by atomic mass is 16.5. The van der Waals surface area contributed by atoms with Crippen LogP contribution in [0.15, 0.2) is 54.8 Å². The lowest BCUT2D eigenvalue weighted by molar-refractivity contribution is 0.0998. The molecular formula is C18H19NO2. The molecule has 3 nitrogen and oxygen atoms in total. The van der Waals surface area contributed by atoms with Crippen LogP contribution in [-0.4, -0.2) is 17.2 Å². The van der Waals surface area contributed by atoms with Crippen molar-refractivity contribution in [1.82, 2.24) is 4.98 Å². The molecular weight excluding hydrogens is 262 g/mol. The minimum Gasteiger partial charge on any atom is -0.501 e. The standard InChI is InChI=1S/C18H19NO2/c1-11(12(2)21-3)18(20)13-8-9-17-15(10-13)14-6-4-5-7-16(14)19-17/h4-11,18-20H,2H2,1,3H3. The number of nitrogens with one attached hydrogen (secondary N) is 1. The van der Waals surface area contributed by atoms with Gasteiger partial charge in [-0.3, -0.25) is 0 Å². The van der Waals surface area contributed by atoms with E-state index in [1.807, 2.05) is 37.3 Å². The molecule has 1 aromatic heterocycles. The van der Waals surface area contributed by atoms with Crippen molar-refractivity contribution in [3.05, 3.63) is 60.4 Å². The molecule has 2 unspecified atom stereocenters. The molecule has 1 heterocycles. The molecule has 2 atom stereocenters. The van der Waals surface area contributed by atoms with E-state index >= 15 is 0 Å². The summed E-state index contributed by atoms with van der Waals surface area (Å²) in [6.07, 6.45) is -0.629. The van der Waals surface area contributed by atoms with Gasteiger partial charge in [0.1, 0.15) is 0 Å². The molecule has 0 aliphatic heterocycles. The van der Waals surface area contributed by atoms with E-state index < -0.39 is 6.10 Å². The molecule has 0 radical (unpaired) electrons. The first-order valence-corrected chi connectivity index (χ1v) is 7.03. The molecule has 0 aliphatic rings. The van der Waals surface area contributed by atoms with Crippen molar-refractivity contribution in [2.24, 2.45) is 5.92 Å². The normalized spacial score (nSPS) is 14.2. The van der Waals surface area contributed by atoms with Crippen molar-refractivity contribution in [2.45, 2.75) is 13.0 Å². The summed E-state index contributed by atoms with van der Waals surface area (Å²) >= 11 is 0. The lowest BCUT2D eigenvalue weighted by Gasteiger charge is -2.20. The molecule has 2 N–H and O–H groups in total. The van der Waals surface area contributed by atoms with E-state index in [1.54, 1.807) is 7.11 Å². The number of methoxy groups -OCH3 is 1. The minimum absolute atomic E-state index is 0.155. The first kappa shape index (κ1) is 13.7. The van der Waals surface area contributed by atoms with E-state index in [1.165, 1.54) is 5.39 Å². The summed E-state index contributed by atoms with van der Waals surface area (Å²) in [7, 11) is 1.58. The van der Waals surface area contributed by atoms with Crippen LogP contribution in [-0.2, 0) is 4.74 Å². The third-order valence-corrected chi connectivity index (χ3v) is 4.12. The van der Waals surface area contributed by atoms with Crippen molar-refractivity contribution in [3.63, 3.8) is 0 Å². The lowest BCUT2D eigenvalue weighted by Crippen LogP contribution is -2.12. The monoisotopic (exact) mass is 281 g/mol. The molecule has 108 valence electrons. The number of aromatic nitrogens is 1. The Kier molecular flexibility index (Phi) is 3.43. The summed E-state index contributed by atoms with van der Waals surface area (Å²) in [5, 5.41) is 12.8. The van der Waals surface area contributed by atoms with E-state index in [9.17, 15) is 5.11 Å². The van der Waals surface area contributed by atoms with E-state index in [4.69, 9.17) is 4.74 Å². The van der Waals surface area contributed by atoms with Crippen molar-refractivity contribution < 1.29 is 9.84 Å². The highest BCUT2D eigenvalue weighted by molar-refractivity contribution is 6.07. The van der Waals surface area contributed by atoms with Crippen LogP contribution in [0.1, 0.15) is 18.6 Å². The molecule has 3 heteroatoms. The van der Waals surface area contributed by atoms with E-state index in [-0.39, 0.29) is 5.92 Å². The molecule has 0 fully saturated rings. The smallest absolute Gasteiger partial charge is 0.0941 e. The second-order valence-corrected chi connectivity index (χ2v) is 5.38. The molecule has 3 aromatic rings. The number of aliphatic hydroxyl groups excluding tert-OH is 1. The molecule has 3 rings (SSSR count). The predicted octanol–water partition coefficient (Wildman–Crippen LogP) is 4.15. The third-order valence-electron chi connectivity index (χ3n) is 4.12. The average Bonchev–Trinajstić information content (AvgIpc) is 2.90. The Morgan fingerprint density at radius 3 is 2.62 bits per heavy atom. The number of hydrogen-bond acceptors (Lipinski definition) is 2. The van der Waals surface area contributed by atoms with Crippen LogP contribution in [0.2, 0.25) is 0 Å². The number of benzene rings is 2. The maximum atomic E-state index is 10.5. The fourth-order valence-corrected chi connectivity index (χ4v) is 2.70. The summed E-state index contributed by atoms with van der Waals surface area (Å²) in [4.78, 5) is 3.38. The second-order valence-electron chi connectivity index (χ2n) is 5.38. The van der Waals surface area contributed by atoms with Gasteiger partial charge in [-0.1, -0.05) is 37.8 Å². The predicted molar refractivity (Wildman–Crippen MR) is 86.1 cm³/mol. The zero-order valence-electron chi connectivity index (χ0n) is 12.3. The Morgan fingerprint density at radius 2 is 1.86 bits per heavy atom. The van der Waals surface area contributed by atoms with Gasteiger partial charge in [0.25, 0.3) is 0 Å². The molecule has 2 aromatic carbocycles. The number of para-hydroxylation sites is 1. The molecule has 0 bridgehead atoms. The van der Waals surface area contributed by atoms with Gasteiger partial charge in [0.15, 0.2) is 0 Å². The molecule has 0 saturated carbocycles. The van der Waals surface area contributed by atoms with Gasteiger partial charge in [-0.05, 0) is 23.8 Å². The largest absolute Gasteiger partial charge is 0.501 e. The van der Waals surface area contributed by atoms with Crippen molar-refractivity contribution in [2.75, 3.05) is 7.11 Å². The summed E-state index contributed by atoms with van der Waals surface area (Å²) in [6, 6.07) is 14.2. The summed E-state index contributed by atoms with van der Waals surface area (Å²) in [5.74, 6) is 0.430. The maximum absolute atomic E-state index is 10.5. The molecule has 21 heavy (non-hydrogen) atoms. The summed E-state index contributed by atoms with van der Waals surface area (Å²) < 4.78 is 5.14. The number of aliphatic hydroxyl groups is 1. The van der Waals surface area contributed by atoms with Gasteiger partial charge in [0, 0.05) is 27.7 Å². The molecule has 0 spiro atoms. The first-order valence-electron chi connectivity index (χ1n) is 7.03. The zero-order valence-corrected chi connectivity index (χ0v) is 12.3. The van der Waals surface area contributed by atoms with Crippen LogP contribution in [0.3, 0.4) is 0 Å². The van der Waals surface area contributed by atoms with Gasteiger partial charge < -0.3 is 14.8 Å². The van der Waals surface area contributed by atoms with Crippen LogP contribution in [0, 0.1) is 5.92 Å². The number of H-pyrrole nitrogens is 1. The quantitative estimate of drug-likeness (QED) is 0.706. The van der Waals surface area contributed by atoms with Crippen LogP contribution >= 0.6 is 0 Å². The van der Waals surface area contributed by atoms with Crippen LogP contribution < -0.4 is 0 Å². The second kappa shape index (κ2) is 5.26. The highest BCUT2D eigenvalue weighted by Crippen LogP contribution is 2.32. The van der Waals surface area contributed by atoms with E-state index in [2.05, 4.69) is 23.7 Å². The average molecular weight is 281 g/mol. The van der Waals surface area contributed by atoms with Crippen molar-refractivity contribution >= 4 is 21.8 Å². The van der Waals surface area contributed by atoms with Gasteiger partial charge in [-0.25, -0.2) is 0 Å².